The molecule has 1 heterocycles. The first-order valence-electron chi connectivity index (χ1n) is 7.08. The van der Waals surface area contributed by atoms with Crippen LogP contribution in [0.3, 0.4) is 0 Å². The van der Waals surface area contributed by atoms with E-state index in [2.05, 4.69) is 5.32 Å². The number of carbonyl (C=O) groups excluding carboxylic acids is 1. The minimum atomic E-state index is -1.09. The highest BCUT2D eigenvalue weighted by Crippen LogP contribution is 2.15. The normalized spacial score (nSPS) is 19.0. The van der Waals surface area contributed by atoms with Crippen molar-refractivity contribution in [2.45, 2.75) is 58.6 Å². The molecule has 0 aliphatic carbocycles. The quantitative estimate of drug-likeness (QED) is 0.729. The Kier molecular flexibility index (Phi) is 5.94. The van der Waals surface area contributed by atoms with Gasteiger partial charge < -0.3 is 19.5 Å². The standard InChI is InChI=1S/C14H28N2O4/c1-13(2,3)20-12(18)15-14(4,5)10-11(17)16-6-8-19-9-7-16/h12,15,18H,6-10H2,1-5H3. The third kappa shape index (κ3) is 6.65. The molecule has 1 saturated heterocycles. The lowest BCUT2D eigenvalue weighted by Gasteiger charge is -2.34. The lowest BCUT2D eigenvalue weighted by molar-refractivity contribution is -0.191. The van der Waals surface area contributed by atoms with Crippen LogP contribution in [0.2, 0.25) is 0 Å². The van der Waals surface area contributed by atoms with Crippen molar-refractivity contribution in [1.29, 1.82) is 0 Å². The molecule has 6 nitrogen and oxygen atoms in total. The largest absolute Gasteiger partial charge is 0.378 e. The van der Waals surface area contributed by atoms with Gasteiger partial charge in [0.05, 0.1) is 18.8 Å². The molecule has 1 amide bonds. The van der Waals surface area contributed by atoms with Crippen molar-refractivity contribution in [1.82, 2.24) is 10.2 Å². The van der Waals surface area contributed by atoms with E-state index in [-0.39, 0.29) is 5.91 Å². The fraction of sp³-hybridized carbons (Fsp3) is 0.929. The van der Waals surface area contributed by atoms with E-state index >= 15 is 0 Å². The first-order chi connectivity index (χ1) is 9.09. The Balaban J connectivity index is 2.45. The van der Waals surface area contributed by atoms with Gasteiger partial charge in [-0.15, -0.1) is 0 Å². The molecule has 0 radical (unpaired) electrons. The SMILES string of the molecule is CC(C)(CC(=O)N1CCOCC1)NC(O)OC(C)(C)C. The number of ether oxygens (including phenoxy) is 2. The van der Waals surface area contributed by atoms with Gasteiger partial charge in [0, 0.05) is 25.0 Å². The first kappa shape index (κ1) is 17.4. The van der Waals surface area contributed by atoms with Gasteiger partial charge in [0.25, 0.3) is 0 Å². The maximum atomic E-state index is 12.2. The van der Waals surface area contributed by atoms with E-state index in [0.717, 1.165) is 0 Å². The zero-order chi connectivity index (χ0) is 15.4. The van der Waals surface area contributed by atoms with Crippen LogP contribution in [0.15, 0.2) is 0 Å². The van der Waals surface area contributed by atoms with Gasteiger partial charge in [0.2, 0.25) is 12.3 Å². The number of hydrogen-bond acceptors (Lipinski definition) is 5. The number of hydrogen-bond donors (Lipinski definition) is 2. The Bertz CT molecular complexity index is 320. The molecule has 0 aromatic carbocycles. The number of nitrogens with one attached hydrogen (secondary N) is 1. The fourth-order valence-electron chi connectivity index (χ4n) is 2.05. The van der Waals surface area contributed by atoms with Gasteiger partial charge in [0.1, 0.15) is 0 Å². The summed E-state index contributed by atoms with van der Waals surface area (Å²) in [6, 6.07) is 0. The molecule has 118 valence electrons. The predicted molar refractivity (Wildman–Crippen MR) is 76.1 cm³/mol. The molecule has 20 heavy (non-hydrogen) atoms. The minimum absolute atomic E-state index is 0.0637. The number of rotatable bonds is 5. The summed E-state index contributed by atoms with van der Waals surface area (Å²) in [6.07, 6.45) is -0.792. The monoisotopic (exact) mass is 288 g/mol. The van der Waals surface area contributed by atoms with Crippen LogP contribution in [0.1, 0.15) is 41.0 Å². The van der Waals surface area contributed by atoms with Crippen LogP contribution >= 0.6 is 0 Å². The van der Waals surface area contributed by atoms with Crippen molar-refractivity contribution in [3.63, 3.8) is 0 Å². The van der Waals surface area contributed by atoms with E-state index in [1.165, 1.54) is 0 Å². The lowest BCUT2D eigenvalue weighted by atomic mass is 10.00. The van der Waals surface area contributed by atoms with Gasteiger partial charge in [-0.05, 0) is 34.6 Å². The van der Waals surface area contributed by atoms with Gasteiger partial charge in [-0.1, -0.05) is 0 Å². The molecule has 0 bridgehead atoms. The summed E-state index contributed by atoms with van der Waals surface area (Å²) in [5.41, 5.74) is -0.989. The van der Waals surface area contributed by atoms with Gasteiger partial charge in [0.15, 0.2) is 0 Å². The zero-order valence-corrected chi connectivity index (χ0v) is 13.2. The average molecular weight is 288 g/mol. The predicted octanol–water partition coefficient (Wildman–Crippen LogP) is 0.695. The molecular formula is C14H28N2O4. The van der Waals surface area contributed by atoms with Crippen LogP contribution in [-0.4, -0.2) is 59.8 Å². The van der Waals surface area contributed by atoms with Gasteiger partial charge in [-0.2, -0.15) is 0 Å². The Morgan fingerprint density at radius 1 is 1.30 bits per heavy atom. The maximum Gasteiger partial charge on any atom is 0.224 e. The van der Waals surface area contributed by atoms with E-state index in [4.69, 9.17) is 9.47 Å². The third-order valence-corrected chi connectivity index (χ3v) is 2.94. The van der Waals surface area contributed by atoms with Crippen LogP contribution < -0.4 is 5.32 Å². The van der Waals surface area contributed by atoms with E-state index in [0.29, 0.717) is 32.7 Å². The second-order valence-electron chi connectivity index (χ2n) is 6.78. The topological polar surface area (TPSA) is 71.0 Å². The molecule has 1 aliphatic heterocycles. The second-order valence-corrected chi connectivity index (χ2v) is 6.78. The molecule has 0 saturated carbocycles. The van der Waals surface area contributed by atoms with Crippen LogP contribution in [-0.2, 0) is 14.3 Å². The number of aliphatic hydroxyl groups is 1. The van der Waals surface area contributed by atoms with E-state index in [1.54, 1.807) is 4.90 Å². The molecule has 1 fully saturated rings. The Labute approximate surface area is 121 Å². The molecule has 0 aromatic rings. The molecule has 0 spiro atoms. The van der Waals surface area contributed by atoms with Crippen molar-refractivity contribution in [2.24, 2.45) is 0 Å². The van der Waals surface area contributed by atoms with Gasteiger partial charge in [-0.3, -0.25) is 10.1 Å². The summed E-state index contributed by atoms with van der Waals surface area (Å²) >= 11 is 0. The zero-order valence-electron chi connectivity index (χ0n) is 13.2. The van der Waals surface area contributed by atoms with Crippen molar-refractivity contribution in [2.75, 3.05) is 26.3 Å². The van der Waals surface area contributed by atoms with E-state index in [1.807, 2.05) is 34.6 Å². The second kappa shape index (κ2) is 6.85. The van der Waals surface area contributed by atoms with Crippen LogP contribution in [0.4, 0.5) is 0 Å². The molecule has 1 unspecified atom stereocenters. The van der Waals surface area contributed by atoms with E-state index < -0.39 is 17.6 Å². The summed E-state index contributed by atoms with van der Waals surface area (Å²) in [5, 5.41) is 12.8. The maximum absolute atomic E-state index is 12.2. The Hall–Kier alpha value is -0.690. The lowest BCUT2D eigenvalue weighted by Crippen LogP contribution is -2.52. The number of carbonyl (C=O) groups is 1. The fourth-order valence-corrected chi connectivity index (χ4v) is 2.05. The summed E-state index contributed by atoms with van der Waals surface area (Å²) in [4.78, 5) is 14.0. The molecule has 0 aromatic heterocycles. The van der Waals surface area contributed by atoms with Crippen molar-refractivity contribution in [3.8, 4) is 0 Å². The number of morpholine rings is 1. The highest BCUT2D eigenvalue weighted by Gasteiger charge is 2.29. The highest BCUT2D eigenvalue weighted by molar-refractivity contribution is 5.77. The average Bonchev–Trinajstić information content (AvgIpc) is 2.25. The van der Waals surface area contributed by atoms with Crippen LogP contribution in [0, 0.1) is 0 Å². The highest BCUT2D eigenvalue weighted by atomic mass is 16.6. The van der Waals surface area contributed by atoms with Crippen molar-refractivity contribution in [3.05, 3.63) is 0 Å². The van der Waals surface area contributed by atoms with Crippen molar-refractivity contribution >= 4 is 5.91 Å². The summed E-state index contributed by atoms with van der Waals surface area (Å²) < 4.78 is 10.6. The summed E-state index contributed by atoms with van der Waals surface area (Å²) in [6.45, 7) is 11.8. The molecule has 1 atom stereocenters. The summed E-state index contributed by atoms with van der Waals surface area (Å²) in [7, 11) is 0. The molecule has 2 N–H and O–H groups in total. The van der Waals surface area contributed by atoms with Crippen LogP contribution in [0.5, 0.6) is 0 Å². The molecule has 1 aliphatic rings. The number of nitrogens with zero attached hydrogens (tertiary/aromatic N) is 1. The third-order valence-electron chi connectivity index (χ3n) is 2.94. The molecular weight excluding hydrogens is 260 g/mol. The Morgan fingerprint density at radius 2 is 1.85 bits per heavy atom. The number of aliphatic hydroxyl groups excluding tert-OH is 1. The molecule has 1 rings (SSSR count). The van der Waals surface area contributed by atoms with E-state index in [9.17, 15) is 9.90 Å². The summed E-state index contributed by atoms with van der Waals surface area (Å²) in [5.74, 6) is 0.0637. The number of amides is 1. The minimum Gasteiger partial charge on any atom is -0.378 e. The Morgan fingerprint density at radius 3 is 2.35 bits per heavy atom. The van der Waals surface area contributed by atoms with Crippen molar-refractivity contribution < 1.29 is 19.4 Å². The van der Waals surface area contributed by atoms with Gasteiger partial charge in [-0.25, -0.2) is 0 Å². The smallest absolute Gasteiger partial charge is 0.224 e. The van der Waals surface area contributed by atoms with Gasteiger partial charge >= 0.3 is 0 Å². The van der Waals surface area contributed by atoms with Crippen LogP contribution in [0.25, 0.3) is 0 Å². The molecule has 6 heteroatoms. The first-order valence-corrected chi connectivity index (χ1v) is 7.08.